The summed E-state index contributed by atoms with van der Waals surface area (Å²) in [6, 6.07) is 0. The van der Waals surface area contributed by atoms with Crippen molar-refractivity contribution < 1.29 is 14.4 Å². The van der Waals surface area contributed by atoms with Gasteiger partial charge >= 0.3 is 5.97 Å². The Morgan fingerprint density at radius 1 is 1.50 bits per heavy atom. The molecule has 1 aliphatic heterocycles. The zero-order valence-electron chi connectivity index (χ0n) is 7.93. The number of carbonyl (C=O) groups is 1. The van der Waals surface area contributed by atoms with Crippen molar-refractivity contribution in [2.75, 3.05) is 26.7 Å². The van der Waals surface area contributed by atoms with Crippen LogP contribution in [0, 0.1) is 5.92 Å². The van der Waals surface area contributed by atoms with Crippen LogP contribution in [0.3, 0.4) is 0 Å². The Morgan fingerprint density at radius 3 is 2.58 bits per heavy atom. The molecule has 1 aliphatic rings. The number of ether oxygens (including phenoxy) is 1. The summed E-state index contributed by atoms with van der Waals surface area (Å²) in [5.74, 6) is -0.0162. The minimum Gasteiger partial charge on any atom is -0.469 e. The minimum absolute atomic E-state index is 0.0584. The summed E-state index contributed by atoms with van der Waals surface area (Å²) in [6.07, 6.45) is 2.62. The van der Waals surface area contributed by atoms with E-state index in [1.165, 1.54) is 33.0 Å². The summed E-state index contributed by atoms with van der Waals surface area (Å²) < 4.78 is 4.67. The number of nitrogens with one attached hydrogen (secondary N) is 1. The molecule has 3 heteroatoms. The minimum atomic E-state index is -0.0746. The Labute approximate surface area is 73.7 Å². The van der Waals surface area contributed by atoms with Gasteiger partial charge in [0.25, 0.3) is 0 Å². The van der Waals surface area contributed by atoms with Crippen molar-refractivity contribution in [1.82, 2.24) is 0 Å². The maximum Gasteiger partial charge on any atom is 0.314 e. The van der Waals surface area contributed by atoms with Crippen LogP contribution < -0.4 is 4.90 Å². The second-order valence-corrected chi connectivity index (χ2v) is 3.59. The quantitative estimate of drug-likeness (QED) is 0.580. The molecule has 3 nitrogen and oxygen atoms in total. The molecule has 0 aromatic carbocycles. The van der Waals surface area contributed by atoms with Gasteiger partial charge in [0.15, 0.2) is 0 Å². The van der Waals surface area contributed by atoms with Gasteiger partial charge in [-0.15, -0.1) is 0 Å². The SMILES string of the molecule is COC(=O)[C@H](C)C[NH+]1CCCC1. The second-order valence-electron chi connectivity index (χ2n) is 3.59. The number of quaternary nitrogens is 1. The highest BCUT2D eigenvalue weighted by Crippen LogP contribution is 1.95. The molecule has 0 saturated carbocycles. The Morgan fingerprint density at radius 2 is 2.08 bits per heavy atom. The van der Waals surface area contributed by atoms with Gasteiger partial charge in [0, 0.05) is 12.8 Å². The molecule has 0 amide bonds. The third-order valence-electron chi connectivity index (χ3n) is 2.51. The van der Waals surface area contributed by atoms with Gasteiger partial charge in [-0.3, -0.25) is 4.79 Å². The summed E-state index contributed by atoms with van der Waals surface area (Å²) in [7, 11) is 1.46. The molecule has 1 heterocycles. The highest BCUT2D eigenvalue weighted by atomic mass is 16.5. The second kappa shape index (κ2) is 4.45. The van der Waals surface area contributed by atoms with Crippen LogP contribution in [0.25, 0.3) is 0 Å². The summed E-state index contributed by atoms with van der Waals surface area (Å²) in [5.41, 5.74) is 0. The molecule has 0 aromatic heterocycles. The standard InChI is InChI=1S/C9H17NO2/c1-8(9(11)12-2)7-10-5-3-4-6-10/h8H,3-7H2,1-2H3/p+1/t8-/m1/s1. The summed E-state index contributed by atoms with van der Waals surface area (Å²) >= 11 is 0. The Hall–Kier alpha value is -0.570. The van der Waals surface area contributed by atoms with Gasteiger partial charge in [0.05, 0.1) is 26.7 Å². The predicted molar refractivity (Wildman–Crippen MR) is 46.0 cm³/mol. The first-order valence-corrected chi connectivity index (χ1v) is 4.65. The average molecular weight is 172 g/mol. The molecule has 0 bridgehead atoms. The lowest BCUT2D eigenvalue weighted by atomic mass is 10.2. The van der Waals surface area contributed by atoms with E-state index in [4.69, 9.17) is 0 Å². The van der Waals surface area contributed by atoms with Gasteiger partial charge < -0.3 is 9.64 Å². The number of hydrogen-bond acceptors (Lipinski definition) is 2. The van der Waals surface area contributed by atoms with Gasteiger partial charge in [-0.25, -0.2) is 0 Å². The number of carbonyl (C=O) groups excluding carboxylic acids is 1. The number of rotatable bonds is 3. The fourth-order valence-corrected chi connectivity index (χ4v) is 1.80. The van der Waals surface area contributed by atoms with Gasteiger partial charge in [0.1, 0.15) is 5.92 Å². The maximum atomic E-state index is 11.1. The van der Waals surface area contributed by atoms with Gasteiger partial charge in [0.2, 0.25) is 0 Å². The molecule has 12 heavy (non-hydrogen) atoms. The van der Waals surface area contributed by atoms with Crippen LogP contribution in [0.1, 0.15) is 19.8 Å². The smallest absolute Gasteiger partial charge is 0.314 e. The van der Waals surface area contributed by atoms with E-state index in [1.54, 1.807) is 4.90 Å². The largest absolute Gasteiger partial charge is 0.469 e. The van der Waals surface area contributed by atoms with Crippen molar-refractivity contribution in [1.29, 1.82) is 0 Å². The van der Waals surface area contributed by atoms with Crippen LogP contribution in [-0.4, -0.2) is 32.7 Å². The normalized spacial score (nSPS) is 20.8. The lowest BCUT2D eigenvalue weighted by Crippen LogP contribution is -3.10. The molecule has 70 valence electrons. The van der Waals surface area contributed by atoms with Gasteiger partial charge in [-0.05, 0) is 6.92 Å². The summed E-state index contributed by atoms with van der Waals surface area (Å²) in [4.78, 5) is 12.6. The average Bonchev–Trinajstić information content (AvgIpc) is 2.55. The van der Waals surface area contributed by atoms with Gasteiger partial charge in [-0.1, -0.05) is 0 Å². The molecule has 1 fully saturated rings. The van der Waals surface area contributed by atoms with Crippen LogP contribution in [0.5, 0.6) is 0 Å². The first-order valence-electron chi connectivity index (χ1n) is 4.65. The third-order valence-corrected chi connectivity index (χ3v) is 2.51. The van der Waals surface area contributed by atoms with Crippen molar-refractivity contribution in [2.24, 2.45) is 5.92 Å². The number of methoxy groups -OCH3 is 1. The number of esters is 1. The molecular formula is C9H18NO2+. The highest BCUT2D eigenvalue weighted by molar-refractivity contribution is 5.71. The van der Waals surface area contributed by atoms with E-state index in [-0.39, 0.29) is 11.9 Å². The van der Waals surface area contributed by atoms with Crippen molar-refractivity contribution in [3.63, 3.8) is 0 Å². The predicted octanol–water partition coefficient (Wildman–Crippen LogP) is -0.526. The first-order chi connectivity index (χ1) is 5.74. The molecule has 0 aliphatic carbocycles. The van der Waals surface area contributed by atoms with E-state index in [2.05, 4.69) is 4.74 Å². The number of hydrogen-bond donors (Lipinski definition) is 1. The van der Waals surface area contributed by atoms with Crippen LogP contribution in [-0.2, 0) is 9.53 Å². The van der Waals surface area contributed by atoms with Crippen molar-refractivity contribution in [2.45, 2.75) is 19.8 Å². The van der Waals surface area contributed by atoms with Crippen molar-refractivity contribution in [3.05, 3.63) is 0 Å². The zero-order chi connectivity index (χ0) is 8.97. The number of likely N-dealkylation sites (tertiary alicyclic amines) is 1. The van der Waals surface area contributed by atoms with Crippen LogP contribution in [0.4, 0.5) is 0 Å². The lowest BCUT2D eigenvalue weighted by molar-refractivity contribution is -0.889. The Bertz CT molecular complexity index is 153. The lowest BCUT2D eigenvalue weighted by Gasteiger charge is -2.15. The van der Waals surface area contributed by atoms with Crippen molar-refractivity contribution in [3.8, 4) is 0 Å². The molecule has 1 saturated heterocycles. The molecule has 0 radical (unpaired) electrons. The summed E-state index contributed by atoms with van der Waals surface area (Å²) in [5, 5.41) is 0. The van der Waals surface area contributed by atoms with Crippen LogP contribution >= 0.6 is 0 Å². The van der Waals surface area contributed by atoms with Gasteiger partial charge in [-0.2, -0.15) is 0 Å². The monoisotopic (exact) mass is 172 g/mol. The topological polar surface area (TPSA) is 30.7 Å². The van der Waals surface area contributed by atoms with E-state index >= 15 is 0 Å². The molecule has 1 rings (SSSR count). The van der Waals surface area contributed by atoms with E-state index in [1.807, 2.05) is 6.92 Å². The van der Waals surface area contributed by atoms with Crippen LogP contribution in [0.15, 0.2) is 0 Å². The molecule has 0 spiro atoms. The molecule has 1 atom stereocenters. The Balaban J connectivity index is 2.24. The fraction of sp³-hybridized carbons (Fsp3) is 0.889. The molecule has 0 unspecified atom stereocenters. The highest BCUT2D eigenvalue weighted by Gasteiger charge is 2.22. The Kier molecular flexibility index (Phi) is 3.53. The fourth-order valence-electron chi connectivity index (χ4n) is 1.80. The maximum absolute atomic E-state index is 11.1. The zero-order valence-corrected chi connectivity index (χ0v) is 7.93. The van der Waals surface area contributed by atoms with Crippen LogP contribution in [0.2, 0.25) is 0 Å². The van der Waals surface area contributed by atoms with Crippen molar-refractivity contribution >= 4 is 5.97 Å². The van der Waals surface area contributed by atoms with E-state index in [0.29, 0.717) is 0 Å². The summed E-state index contributed by atoms with van der Waals surface area (Å²) in [6.45, 7) is 5.33. The molecule has 0 aromatic rings. The first kappa shape index (κ1) is 9.52. The van der Waals surface area contributed by atoms with E-state index in [0.717, 1.165) is 6.54 Å². The molecule has 1 N–H and O–H groups in total. The molecular weight excluding hydrogens is 154 g/mol. The van der Waals surface area contributed by atoms with E-state index in [9.17, 15) is 4.79 Å². The third kappa shape index (κ3) is 2.48. The van der Waals surface area contributed by atoms with E-state index < -0.39 is 0 Å².